The van der Waals surface area contributed by atoms with E-state index in [0.717, 1.165) is 49.0 Å². The number of nitrogens with zero attached hydrogens (tertiary/aromatic N) is 1. The van der Waals surface area contributed by atoms with E-state index in [4.69, 9.17) is 28.4 Å². The minimum atomic E-state index is -2.19. The van der Waals surface area contributed by atoms with Gasteiger partial charge < -0.3 is 33.5 Å². The molecule has 1 aliphatic carbocycles. The number of hydrogen-bond acceptors (Lipinski definition) is 11. The van der Waals surface area contributed by atoms with Gasteiger partial charge in [0.1, 0.15) is 11.4 Å². The van der Waals surface area contributed by atoms with Crippen molar-refractivity contribution < 1.29 is 47.9 Å². The van der Waals surface area contributed by atoms with Gasteiger partial charge in [-0.25, -0.2) is 4.79 Å². The molecule has 2 aromatic carbocycles. The second kappa shape index (κ2) is 14.4. The fourth-order valence-electron chi connectivity index (χ4n) is 7.94. The highest BCUT2D eigenvalue weighted by atomic mass is 16.7. The van der Waals surface area contributed by atoms with Crippen molar-refractivity contribution in [3.05, 3.63) is 71.0 Å². The SMILES string of the molecule is COC(=O)C[C@](O)(CCCC(C)(C)OC(=O)Cc1ccccc1)C(=O)O[C@@H]1C(OC)=C[C@H]2CCCN3CCc4cc5c(cc4[C@H]1[C@@H]23)OCO5. The lowest BCUT2D eigenvalue weighted by molar-refractivity contribution is -0.180. The summed E-state index contributed by atoms with van der Waals surface area (Å²) in [7, 11) is 2.77. The first-order chi connectivity index (χ1) is 23.5. The normalized spacial score (nSPS) is 23.9. The van der Waals surface area contributed by atoms with E-state index in [0.29, 0.717) is 23.7 Å². The molecule has 1 saturated heterocycles. The summed E-state index contributed by atoms with van der Waals surface area (Å²) in [6.07, 6.45) is 4.04. The Hall–Kier alpha value is -4.09. The van der Waals surface area contributed by atoms with E-state index in [-0.39, 0.29) is 49.9 Å². The molecule has 49 heavy (non-hydrogen) atoms. The van der Waals surface area contributed by atoms with Crippen LogP contribution in [0.5, 0.6) is 11.5 Å². The molecule has 6 rings (SSSR count). The Kier molecular flexibility index (Phi) is 10.2. The summed E-state index contributed by atoms with van der Waals surface area (Å²) in [4.78, 5) is 41.9. The monoisotopic (exact) mass is 677 g/mol. The standard InChI is InChI=1S/C38H47NO10/c1-37(2,49-31(40)18-24-10-6-5-7-11-24)14-9-15-38(43,22-32(41)45-4)36(42)48-35-30(44-3)20-26-12-8-16-39-17-13-25-19-28-29(47-23-46-28)21-27(25)33(35)34(26)39/h5-7,10-11,19-21,26,33-35,43H,8-9,12-18,22-23H2,1-4H3/t26-,33+,34-,35-,38-/m1/s1. The summed E-state index contributed by atoms with van der Waals surface area (Å²) in [5.41, 5.74) is -0.140. The molecule has 0 bridgehead atoms. The molecule has 0 unspecified atom stereocenters. The maximum atomic E-state index is 14.2. The summed E-state index contributed by atoms with van der Waals surface area (Å²) < 4.78 is 34.3. The van der Waals surface area contributed by atoms with Crippen LogP contribution >= 0.6 is 0 Å². The van der Waals surface area contributed by atoms with Crippen molar-refractivity contribution >= 4 is 17.9 Å². The van der Waals surface area contributed by atoms with Crippen LogP contribution in [-0.2, 0) is 46.2 Å². The molecule has 0 radical (unpaired) electrons. The van der Waals surface area contributed by atoms with Gasteiger partial charge in [-0.2, -0.15) is 0 Å². The molecular formula is C38H47NO10. The Balaban J connectivity index is 1.23. The van der Waals surface area contributed by atoms with Gasteiger partial charge in [-0.3, -0.25) is 14.5 Å². The number of carbonyl (C=O) groups is 3. The molecule has 3 heterocycles. The third-order valence-corrected chi connectivity index (χ3v) is 10.3. The second-order valence-corrected chi connectivity index (χ2v) is 14.1. The lowest BCUT2D eigenvalue weighted by atomic mass is 9.71. The van der Waals surface area contributed by atoms with E-state index in [1.807, 2.05) is 42.5 Å². The fourth-order valence-corrected chi connectivity index (χ4v) is 7.94. The van der Waals surface area contributed by atoms with E-state index in [1.54, 1.807) is 21.0 Å². The molecule has 2 aromatic rings. The second-order valence-electron chi connectivity index (χ2n) is 14.1. The number of fused-ring (bicyclic) bond motifs is 3. The minimum Gasteiger partial charge on any atom is -0.497 e. The molecule has 11 nitrogen and oxygen atoms in total. The zero-order valence-electron chi connectivity index (χ0n) is 28.8. The molecule has 1 fully saturated rings. The molecule has 11 heteroatoms. The number of benzene rings is 2. The van der Waals surface area contributed by atoms with Crippen molar-refractivity contribution in [2.75, 3.05) is 34.1 Å². The third-order valence-electron chi connectivity index (χ3n) is 10.3. The van der Waals surface area contributed by atoms with Gasteiger partial charge in [-0.15, -0.1) is 0 Å². The average Bonchev–Trinajstić information content (AvgIpc) is 3.47. The Bertz CT molecular complexity index is 1570. The van der Waals surface area contributed by atoms with Crippen molar-refractivity contribution in [1.82, 2.24) is 4.90 Å². The number of rotatable bonds is 12. The highest BCUT2D eigenvalue weighted by Crippen LogP contribution is 2.50. The Labute approximate surface area is 287 Å². The molecule has 0 spiro atoms. The highest BCUT2D eigenvalue weighted by molar-refractivity contribution is 5.86. The van der Waals surface area contributed by atoms with Crippen LogP contribution in [0.3, 0.4) is 0 Å². The van der Waals surface area contributed by atoms with E-state index in [9.17, 15) is 19.5 Å². The van der Waals surface area contributed by atoms with E-state index in [2.05, 4.69) is 11.0 Å². The maximum absolute atomic E-state index is 14.2. The predicted molar refractivity (Wildman–Crippen MR) is 178 cm³/mol. The van der Waals surface area contributed by atoms with Crippen molar-refractivity contribution in [3.8, 4) is 11.5 Å². The van der Waals surface area contributed by atoms with Gasteiger partial charge in [0, 0.05) is 18.5 Å². The van der Waals surface area contributed by atoms with Crippen LogP contribution in [0.4, 0.5) is 0 Å². The zero-order valence-corrected chi connectivity index (χ0v) is 28.8. The summed E-state index contributed by atoms with van der Waals surface area (Å²) in [6, 6.07) is 13.4. The molecule has 3 aliphatic heterocycles. The van der Waals surface area contributed by atoms with Crippen LogP contribution in [0.2, 0.25) is 0 Å². The topological polar surface area (TPSA) is 130 Å². The molecule has 4 aliphatic rings. The molecule has 5 atom stereocenters. The van der Waals surface area contributed by atoms with Crippen LogP contribution in [0.25, 0.3) is 0 Å². The van der Waals surface area contributed by atoms with Crippen LogP contribution in [0.15, 0.2) is 54.3 Å². The van der Waals surface area contributed by atoms with Crippen molar-refractivity contribution in [2.45, 2.75) is 94.5 Å². The third kappa shape index (κ3) is 7.57. The van der Waals surface area contributed by atoms with Crippen LogP contribution in [-0.4, -0.2) is 85.4 Å². The molecule has 0 amide bonds. The van der Waals surface area contributed by atoms with Gasteiger partial charge in [0.05, 0.1) is 27.1 Å². The van der Waals surface area contributed by atoms with Crippen LogP contribution in [0, 0.1) is 5.92 Å². The van der Waals surface area contributed by atoms with Gasteiger partial charge >= 0.3 is 17.9 Å². The van der Waals surface area contributed by atoms with Gasteiger partial charge in [-0.05, 0) is 99.7 Å². The first kappa shape index (κ1) is 34.8. The van der Waals surface area contributed by atoms with Crippen molar-refractivity contribution in [2.24, 2.45) is 5.92 Å². The number of carbonyl (C=O) groups excluding carboxylic acids is 3. The fraction of sp³-hybridized carbons (Fsp3) is 0.553. The summed E-state index contributed by atoms with van der Waals surface area (Å²) >= 11 is 0. The quantitative estimate of drug-likeness (QED) is 0.250. The Morgan fingerprint density at radius 1 is 1.00 bits per heavy atom. The average molecular weight is 678 g/mol. The number of ether oxygens (including phenoxy) is 6. The molecular weight excluding hydrogens is 630 g/mol. The molecule has 1 N–H and O–H groups in total. The largest absolute Gasteiger partial charge is 0.497 e. The van der Waals surface area contributed by atoms with Crippen molar-refractivity contribution in [3.63, 3.8) is 0 Å². The predicted octanol–water partition coefficient (Wildman–Crippen LogP) is 4.62. The van der Waals surface area contributed by atoms with E-state index in [1.165, 1.54) is 7.11 Å². The first-order valence-corrected chi connectivity index (χ1v) is 17.2. The number of piperidine rings is 1. The van der Waals surface area contributed by atoms with E-state index >= 15 is 0 Å². The number of esters is 3. The number of methoxy groups -OCH3 is 2. The number of hydrogen-bond donors (Lipinski definition) is 1. The molecule has 0 aromatic heterocycles. The lowest BCUT2D eigenvalue weighted by Gasteiger charge is -2.48. The van der Waals surface area contributed by atoms with E-state index < -0.39 is 35.7 Å². The highest BCUT2D eigenvalue weighted by Gasteiger charge is 2.52. The summed E-state index contributed by atoms with van der Waals surface area (Å²) in [5.74, 6) is -0.331. The zero-order chi connectivity index (χ0) is 34.8. The van der Waals surface area contributed by atoms with Gasteiger partial charge in [0.2, 0.25) is 6.79 Å². The minimum absolute atomic E-state index is 0.0344. The summed E-state index contributed by atoms with van der Waals surface area (Å²) in [5, 5.41) is 11.9. The number of aliphatic hydroxyl groups is 1. The molecule has 0 saturated carbocycles. The van der Waals surface area contributed by atoms with Crippen LogP contribution < -0.4 is 9.47 Å². The Morgan fingerprint density at radius 3 is 2.49 bits per heavy atom. The molecule has 264 valence electrons. The van der Waals surface area contributed by atoms with Gasteiger partial charge in [-0.1, -0.05) is 30.3 Å². The van der Waals surface area contributed by atoms with Gasteiger partial charge in [0.25, 0.3) is 0 Å². The van der Waals surface area contributed by atoms with Crippen molar-refractivity contribution in [1.29, 1.82) is 0 Å². The van der Waals surface area contributed by atoms with Gasteiger partial charge in [0.15, 0.2) is 23.2 Å². The maximum Gasteiger partial charge on any atom is 0.339 e. The smallest absolute Gasteiger partial charge is 0.339 e. The van der Waals surface area contributed by atoms with Crippen LogP contribution in [0.1, 0.15) is 75.0 Å². The Morgan fingerprint density at radius 2 is 1.76 bits per heavy atom. The summed E-state index contributed by atoms with van der Waals surface area (Å²) in [6.45, 7) is 5.48. The first-order valence-electron chi connectivity index (χ1n) is 17.2. The lowest BCUT2D eigenvalue weighted by Crippen LogP contribution is -2.55.